The van der Waals surface area contributed by atoms with Gasteiger partial charge >= 0.3 is 0 Å². The Labute approximate surface area is 117 Å². The molecule has 100 valence electrons. The fourth-order valence-corrected chi connectivity index (χ4v) is 2.34. The van der Waals surface area contributed by atoms with Gasteiger partial charge < -0.3 is 16.4 Å². The average Bonchev–Trinajstić information content (AvgIpc) is 2.87. The summed E-state index contributed by atoms with van der Waals surface area (Å²) in [7, 11) is 0. The van der Waals surface area contributed by atoms with E-state index in [1.807, 2.05) is 6.07 Å². The number of amides is 2. The van der Waals surface area contributed by atoms with E-state index in [0.29, 0.717) is 16.2 Å². The first-order valence-corrected chi connectivity index (χ1v) is 6.66. The molecule has 2 aromatic rings. The molecule has 0 atom stereocenters. The van der Waals surface area contributed by atoms with Crippen LogP contribution in [0.2, 0.25) is 5.02 Å². The van der Waals surface area contributed by atoms with Gasteiger partial charge in [0.25, 0.3) is 0 Å². The van der Waals surface area contributed by atoms with Crippen LogP contribution in [-0.4, -0.2) is 29.9 Å². The number of thiazole rings is 1. The normalized spacial score (nSPS) is 10.4. The molecular formula is C11H11ClN4O2S. The van der Waals surface area contributed by atoms with Gasteiger partial charge in [0.05, 0.1) is 34.0 Å². The summed E-state index contributed by atoms with van der Waals surface area (Å²) in [6.45, 7) is -0.317. The number of nitrogens with two attached hydrogens (primary N) is 1. The van der Waals surface area contributed by atoms with Crippen LogP contribution in [0.5, 0.6) is 0 Å². The second-order valence-electron chi connectivity index (χ2n) is 3.65. The number of aromatic nitrogens is 1. The van der Waals surface area contributed by atoms with Gasteiger partial charge in [-0.2, -0.15) is 0 Å². The van der Waals surface area contributed by atoms with Crippen LogP contribution in [0.3, 0.4) is 0 Å². The van der Waals surface area contributed by atoms with Gasteiger partial charge in [0.15, 0.2) is 0 Å². The van der Waals surface area contributed by atoms with Crippen LogP contribution >= 0.6 is 22.9 Å². The van der Waals surface area contributed by atoms with Crippen LogP contribution in [0.15, 0.2) is 17.6 Å². The van der Waals surface area contributed by atoms with Crippen molar-refractivity contribution in [1.82, 2.24) is 10.3 Å². The van der Waals surface area contributed by atoms with Gasteiger partial charge in [-0.3, -0.25) is 9.59 Å². The second kappa shape index (κ2) is 5.96. The monoisotopic (exact) mass is 298 g/mol. The van der Waals surface area contributed by atoms with Crippen molar-refractivity contribution in [2.75, 3.05) is 18.4 Å². The van der Waals surface area contributed by atoms with E-state index in [1.165, 1.54) is 11.3 Å². The summed E-state index contributed by atoms with van der Waals surface area (Å²) < 4.78 is 0.922. The average molecular weight is 299 g/mol. The molecule has 2 amide bonds. The lowest BCUT2D eigenvalue weighted by atomic mass is 10.3. The molecule has 0 saturated carbocycles. The summed E-state index contributed by atoms with van der Waals surface area (Å²) in [4.78, 5) is 26.8. The van der Waals surface area contributed by atoms with Crippen LogP contribution in [-0.2, 0) is 9.59 Å². The number of hydrogen-bond donors (Lipinski definition) is 3. The number of benzene rings is 1. The third-order valence-electron chi connectivity index (χ3n) is 2.35. The van der Waals surface area contributed by atoms with Crippen molar-refractivity contribution >= 4 is 50.7 Å². The molecule has 1 aromatic carbocycles. The highest BCUT2D eigenvalue weighted by atomic mass is 35.5. The molecule has 0 aliphatic heterocycles. The van der Waals surface area contributed by atoms with Crippen molar-refractivity contribution in [3.63, 3.8) is 0 Å². The number of halogens is 1. The van der Waals surface area contributed by atoms with Gasteiger partial charge in [0.1, 0.15) is 5.52 Å². The third-order valence-corrected chi connectivity index (χ3v) is 3.46. The first-order chi connectivity index (χ1) is 9.11. The predicted octanol–water partition coefficient (Wildman–Crippen LogP) is 0.963. The lowest BCUT2D eigenvalue weighted by Crippen LogP contribution is -2.36. The van der Waals surface area contributed by atoms with E-state index < -0.39 is 5.91 Å². The fraction of sp³-hybridized carbons (Fsp3) is 0.182. The minimum absolute atomic E-state index is 0.157. The Morgan fingerprint density at radius 1 is 1.37 bits per heavy atom. The highest BCUT2D eigenvalue weighted by Gasteiger charge is 2.12. The Morgan fingerprint density at radius 3 is 2.89 bits per heavy atom. The molecule has 8 heteroatoms. The number of fused-ring (bicyclic) bond motifs is 1. The van der Waals surface area contributed by atoms with E-state index in [0.717, 1.165) is 4.70 Å². The van der Waals surface area contributed by atoms with Crippen molar-refractivity contribution < 1.29 is 9.59 Å². The molecule has 0 bridgehead atoms. The van der Waals surface area contributed by atoms with Crippen LogP contribution in [0.1, 0.15) is 0 Å². The molecule has 4 N–H and O–H groups in total. The van der Waals surface area contributed by atoms with E-state index in [-0.39, 0.29) is 19.0 Å². The number of rotatable bonds is 4. The lowest BCUT2D eigenvalue weighted by molar-refractivity contribution is -0.123. The van der Waals surface area contributed by atoms with Crippen LogP contribution in [0, 0.1) is 0 Å². The number of anilines is 1. The fourth-order valence-electron chi connectivity index (χ4n) is 1.46. The molecule has 0 aliphatic carbocycles. The molecule has 1 heterocycles. The van der Waals surface area contributed by atoms with Crippen molar-refractivity contribution in [3.8, 4) is 0 Å². The first kappa shape index (κ1) is 13.7. The summed E-state index contributed by atoms with van der Waals surface area (Å²) in [5.74, 6) is -0.780. The summed E-state index contributed by atoms with van der Waals surface area (Å²) in [6.07, 6.45) is 0. The second-order valence-corrected chi connectivity index (χ2v) is 4.94. The molecule has 6 nitrogen and oxygen atoms in total. The maximum Gasteiger partial charge on any atom is 0.243 e. The summed E-state index contributed by atoms with van der Waals surface area (Å²) in [5.41, 5.74) is 7.88. The Morgan fingerprint density at radius 2 is 2.16 bits per heavy atom. The molecule has 2 rings (SSSR count). The molecule has 0 radical (unpaired) electrons. The van der Waals surface area contributed by atoms with Crippen LogP contribution < -0.4 is 16.4 Å². The van der Waals surface area contributed by atoms with E-state index in [1.54, 1.807) is 11.6 Å². The zero-order valence-corrected chi connectivity index (χ0v) is 11.3. The molecule has 1 aromatic heterocycles. The quantitative estimate of drug-likeness (QED) is 0.783. The van der Waals surface area contributed by atoms with Crippen LogP contribution in [0.4, 0.5) is 5.69 Å². The third kappa shape index (κ3) is 3.19. The topological polar surface area (TPSA) is 97.1 Å². The zero-order valence-electron chi connectivity index (χ0n) is 9.77. The number of nitrogens with zero attached hydrogens (tertiary/aromatic N) is 1. The summed E-state index contributed by atoms with van der Waals surface area (Å²) in [6, 6.07) is 3.53. The van der Waals surface area contributed by atoms with Gasteiger partial charge in [-0.15, -0.1) is 11.3 Å². The highest BCUT2D eigenvalue weighted by Crippen LogP contribution is 2.32. The maximum absolute atomic E-state index is 11.7. The largest absolute Gasteiger partial charge is 0.346 e. The van der Waals surface area contributed by atoms with Crippen molar-refractivity contribution in [3.05, 3.63) is 22.7 Å². The first-order valence-electron chi connectivity index (χ1n) is 5.40. The smallest absolute Gasteiger partial charge is 0.243 e. The zero-order chi connectivity index (χ0) is 13.8. The number of nitrogens with one attached hydrogen (secondary N) is 2. The Balaban J connectivity index is 2.12. The Kier molecular flexibility index (Phi) is 4.31. The van der Waals surface area contributed by atoms with Gasteiger partial charge in [0.2, 0.25) is 11.8 Å². The van der Waals surface area contributed by atoms with Gasteiger partial charge in [-0.25, -0.2) is 4.98 Å². The van der Waals surface area contributed by atoms with Gasteiger partial charge in [-0.1, -0.05) is 11.6 Å². The molecule has 0 spiro atoms. The molecule has 0 unspecified atom stereocenters. The molecule has 0 saturated heterocycles. The van der Waals surface area contributed by atoms with Crippen molar-refractivity contribution in [2.24, 2.45) is 5.73 Å². The Bertz CT molecular complexity index is 628. The highest BCUT2D eigenvalue weighted by molar-refractivity contribution is 7.16. The number of carbonyl (C=O) groups is 2. The van der Waals surface area contributed by atoms with E-state index in [2.05, 4.69) is 15.6 Å². The molecular weight excluding hydrogens is 288 g/mol. The predicted molar refractivity (Wildman–Crippen MR) is 75.3 cm³/mol. The maximum atomic E-state index is 11.7. The standard InChI is InChI=1S/C11H11ClN4O2S/c12-6-1-2-7-11(15-5-19-7)10(6)16-9(18)4-14-8(17)3-13/h1-2,5H,3-4,13H2,(H,14,17)(H,16,18). The number of carbonyl (C=O) groups excluding carboxylic acids is 2. The summed E-state index contributed by atoms with van der Waals surface area (Å²) in [5, 5.41) is 5.41. The Hall–Kier alpha value is -1.70. The minimum Gasteiger partial charge on any atom is -0.346 e. The van der Waals surface area contributed by atoms with Gasteiger partial charge in [-0.05, 0) is 12.1 Å². The molecule has 0 fully saturated rings. The van der Waals surface area contributed by atoms with Crippen molar-refractivity contribution in [2.45, 2.75) is 0 Å². The van der Waals surface area contributed by atoms with Gasteiger partial charge in [0, 0.05) is 0 Å². The minimum atomic E-state index is -0.395. The lowest BCUT2D eigenvalue weighted by Gasteiger charge is -2.08. The molecule has 0 aliphatic rings. The SMILES string of the molecule is NCC(=O)NCC(=O)Nc1c(Cl)ccc2scnc12. The molecule has 19 heavy (non-hydrogen) atoms. The van der Waals surface area contributed by atoms with E-state index in [9.17, 15) is 9.59 Å². The number of hydrogen-bond acceptors (Lipinski definition) is 5. The summed E-state index contributed by atoms with van der Waals surface area (Å²) >= 11 is 7.49. The van der Waals surface area contributed by atoms with E-state index in [4.69, 9.17) is 17.3 Å². The van der Waals surface area contributed by atoms with E-state index >= 15 is 0 Å². The van der Waals surface area contributed by atoms with Crippen LogP contribution in [0.25, 0.3) is 10.2 Å². The van der Waals surface area contributed by atoms with Crippen molar-refractivity contribution in [1.29, 1.82) is 0 Å².